The van der Waals surface area contributed by atoms with E-state index in [1.165, 1.54) is 6.07 Å². The van der Waals surface area contributed by atoms with Crippen molar-refractivity contribution in [2.75, 3.05) is 37.0 Å². The van der Waals surface area contributed by atoms with Crippen LogP contribution in [0.25, 0.3) is 0 Å². The average molecular weight is 421 g/mol. The third-order valence-corrected chi connectivity index (χ3v) is 5.49. The Balaban J connectivity index is 1.52. The van der Waals surface area contributed by atoms with Gasteiger partial charge in [-0.3, -0.25) is 14.9 Å². The summed E-state index contributed by atoms with van der Waals surface area (Å²) >= 11 is 0. The maximum absolute atomic E-state index is 12.7. The van der Waals surface area contributed by atoms with Crippen LogP contribution in [0.2, 0.25) is 0 Å². The van der Waals surface area contributed by atoms with Crippen LogP contribution in [-0.2, 0) is 0 Å². The second-order valence-electron chi connectivity index (χ2n) is 7.74. The molecule has 160 valence electrons. The summed E-state index contributed by atoms with van der Waals surface area (Å²) in [7, 11) is 3.70. The number of nitrogens with zero attached hydrogens (tertiary/aromatic N) is 5. The number of aromatic nitrogens is 2. The first-order valence-corrected chi connectivity index (χ1v) is 10.1. The zero-order valence-electron chi connectivity index (χ0n) is 17.4. The molecule has 4 rings (SSSR count). The van der Waals surface area contributed by atoms with Crippen LogP contribution in [0.4, 0.5) is 17.3 Å². The smallest absolute Gasteiger partial charge is 0.293 e. The van der Waals surface area contributed by atoms with Gasteiger partial charge in [-0.05, 0) is 30.1 Å². The van der Waals surface area contributed by atoms with Gasteiger partial charge in [0.05, 0.1) is 4.92 Å². The van der Waals surface area contributed by atoms with Gasteiger partial charge in [0.15, 0.2) is 5.78 Å². The first-order chi connectivity index (χ1) is 14.9. The third-order valence-electron chi connectivity index (χ3n) is 5.49. The molecule has 0 N–H and O–H groups in total. The Bertz CT molecular complexity index is 1090. The molecule has 2 aromatic carbocycles. The third kappa shape index (κ3) is 4.25. The number of hydrogen-bond acceptors (Lipinski definition) is 8. The van der Waals surface area contributed by atoms with Crippen molar-refractivity contribution in [3.05, 3.63) is 75.7 Å². The summed E-state index contributed by atoms with van der Waals surface area (Å²) in [5.74, 6) is 1.02. The molecule has 0 spiro atoms. The van der Waals surface area contributed by atoms with Crippen LogP contribution >= 0.6 is 0 Å². The van der Waals surface area contributed by atoms with Crippen molar-refractivity contribution in [3.63, 3.8) is 0 Å². The van der Waals surface area contributed by atoms with Crippen LogP contribution in [0.15, 0.2) is 53.1 Å². The molecule has 0 saturated carbocycles. The SMILES string of the molecule is CN(C)c1noc(C2CCN(c3ccc(C(=O)c4ccccc4)cc3[N+](=O)[O-])CC2)n1. The fourth-order valence-electron chi connectivity index (χ4n) is 3.78. The Morgan fingerprint density at radius 1 is 1.13 bits per heavy atom. The van der Waals surface area contributed by atoms with Gasteiger partial charge in [0.25, 0.3) is 11.6 Å². The van der Waals surface area contributed by atoms with E-state index in [1.807, 2.05) is 25.1 Å². The molecular formula is C22H23N5O4. The van der Waals surface area contributed by atoms with Crippen molar-refractivity contribution in [2.45, 2.75) is 18.8 Å². The zero-order valence-corrected chi connectivity index (χ0v) is 17.4. The quantitative estimate of drug-likeness (QED) is 0.337. The topological polar surface area (TPSA) is 106 Å². The van der Waals surface area contributed by atoms with E-state index >= 15 is 0 Å². The Hall–Kier alpha value is -3.75. The van der Waals surface area contributed by atoms with Crippen LogP contribution in [0, 0.1) is 10.1 Å². The van der Waals surface area contributed by atoms with Gasteiger partial charge in [0, 0.05) is 50.3 Å². The van der Waals surface area contributed by atoms with E-state index < -0.39 is 4.92 Å². The second kappa shape index (κ2) is 8.55. The monoisotopic (exact) mass is 421 g/mol. The lowest BCUT2D eigenvalue weighted by Crippen LogP contribution is -2.33. The summed E-state index contributed by atoms with van der Waals surface area (Å²) in [6.07, 6.45) is 1.49. The molecule has 2 heterocycles. The van der Waals surface area contributed by atoms with E-state index in [0.29, 0.717) is 41.7 Å². The summed E-state index contributed by atoms with van der Waals surface area (Å²) in [5, 5.41) is 15.7. The number of carbonyl (C=O) groups is 1. The molecule has 0 aliphatic carbocycles. The number of ketones is 1. The zero-order chi connectivity index (χ0) is 22.0. The molecule has 3 aromatic rings. The van der Waals surface area contributed by atoms with E-state index in [9.17, 15) is 14.9 Å². The Morgan fingerprint density at radius 3 is 2.45 bits per heavy atom. The number of anilines is 2. The van der Waals surface area contributed by atoms with Crippen LogP contribution in [0.5, 0.6) is 0 Å². The predicted octanol–water partition coefficient (Wildman–Crippen LogP) is 3.66. The van der Waals surface area contributed by atoms with Crippen molar-refractivity contribution < 1.29 is 14.2 Å². The number of nitro groups is 1. The van der Waals surface area contributed by atoms with Gasteiger partial charge in [0.2, 0.25) is 5.89 Å². The highest BCUT2D eigenvalue weighted by atomic mass is 16.6. The predicted molar refractivity (Wildman–Crippen MR) is 116 cm³/mol. The largest absolute Gasteiger partial charge is 0.366 e. The van der Waals surface area contributed by atoms with Gasteiger partial charge in [0.1, 0.15) is 5.69 Å². The van der Waals surface area contributed by atoms with Gasteiger partial charge in [-0.25, -0.2) is 0 Å². The molecule has 1 fully saturated rings. The van der Waals surface area contributed by atoms with Gasteiger partial charge in [-0.15, -0.1) is 0 Å². The highest BCUT2D eigenvalue weighted by molar-refractivity contribution is 6.09. The Kier molecular flexibility index (Phi) is 5.66. The summed E-state index contributed by atoms with van der Waals surface area (Å²) < 4.78 is 5.39. The van der Waals surface area contributed by atoms with Gasteiger partial charge in [-0.1, -0.05) is 30.3 Å². The lowest BCUT2D eigenvalue weighted by atomic mass is 9.95. The van der Waals surface area contributed by atoms with Crippen LogP contribution in [0.1, 0.15) is 40.6 Å². The molecule has 1 saturated heterocycles. The molecule has 0 amide bonds. The molecule has 0 bridgehead atoms. The first-order valence-electron chi connectivity index (χ1n) is 10.1. The number of benzene rings is 2. The van der Waals surface area contributed by atoms with E-state index in [4.69, 9.17) is 4.52 Å². The molecule has 1 aliphatic heterocycles. The van der Waals surface area contributed by atoms with Crippen LogP contribution in [-0.4, -0.2) is 48.0 Å². The molecule has 0 unspecified atom stereocenters. The van der Waals surface area contributed by atoms with Crippen molar-refractivity contribution in [1.29, 1.82) is 0 Å². The maximum Gasteiger partial charge on any atom is 0.293 e. The number of hydrogen-bond donors (Lipinski definition) is 0. The minimum absolute atomic E-state index is 0.0621. The van der Waals surface area contributed by atoms with Crippen LogP contribution in [0.3, 0.4) is 0 Å². The number of piperidine rings is 1. The van der Waals surface area contributed by atoms with Crippen molar-refractivity contribution in [3.8, 4) is 0 Å². The van der Waals surface area contributed by atoms with E-state index in [1.54, 1.807) is 41.3 Å². The van der Waals surface area contributed by atoms with E-state index in [2.05, 4.69) is 10.1 Å². The number of nitro benzene ring substituents is 1. The van der Waals surface area contributed by atoms with Gasteiger partial charge in [-0.2, -0.15) is 4.98 Å². The average Bonchev–Trinajstić information content (AvgIpc) is 3.30. The fraction of sp³-hybridized carbons (Fsp3) is 0.318. The number of rotatable bonds is 6. The van der Waals surface area contributed by atoms with E-state index in [-0.39, 0.29) is 17.4 Å². The van der Waals surface area contributed by atoms with Crippen molar-refractivity contribution >= 4 is 23.1 Å². The highest BCUT2D eigenvalue weighted by Crippen LogP contribution is 2.35. The summed E-state index contributed by atoms with van der Waals surface area (Å²) in [6.45, 7) is 1.24. The molecule has 1 aromatic heterocycles. The van der Waals surface area contributed by atoms with Gasteiger partial charge < -0.3 is 14.3 Å². The molecule has 0 atom stereocenters. The van der Waals surface area contributed by atoms with Gasteiger partial charge >= 0.3 is 0 Å². The Labute approximate surface area is 179 Å². The second-order valence-corrected chi connectivity index (χ2v) is 7.74. The van der Waals surface area contributed by atoms with Crippen LogP contribution < -0.4 is 9.80 Å². The number of carbonyl (C=O) groups excluding carboxylic acids is 1. The molecule has 1 aliphatic rings. The maximum atomic E-state index is 12.7. The Morgan fingerprint density at radius 2 is 1.84 bits per heavy atom. The summed E-state index contributed by atoms with van der Waals surface area (Å²) in [6, 6.07) is 13.5. The molecule has 31 heavy (non-hydrogen) atoms. The summed E-state index contributed by atoms with van der Waals surface area (Å²) in [4.78, 5) is 32.2. The lowest BCUT2D eigenvalue weighted by Gasteiger charge is -2.31. The fourth-order valence-corrected chi connectivity index (χ4v) is 3.78. The molecule has 0 radical (unpaired) electrons. The molecular weight excluding hydrogens is 398 g/mol. The molecule has 9 nitrogen and oxygen atoms in total. The first kappa shape index (κ1) is 20.5. The van der Waals surface area contributed by atoms with Crippen molar-refractivity contribution in [1.82, 2.24) is 10.1 Å². The summed E-state index contributed by atoms with van der Waals surface area (Å²) in [5.41, 5.74) is 1.26. The lowest BCUT2D eigenvalue weighted by molar-refractivity contribution is -0.384. The highest BCUT2D eigenvalue weighted by Gasteiger charge is 2.29. The minimum atomic E-state index is -0.426. The normalized spacial score (nSPS) is 14.5. The standard InChI is InChI=1S/C22H23N5O4/c1-25(2)22-23-21(31-24-22)16-10-12-26(13-11-16)18-9-8-17(14-19(18)27(29)30)20(28)15-6-4-3-5-7-15/h3-9,14,16H,10-13H2,1-2H3. The minimum Gasteiger partial charge on any atom is -0.366 e. The van der Waals surface area contributed by atoms with E-state index in [0.717, 1.165) is 12.8 Å². The molecule has 9 heteroatoms. The van der Waals surface area contributed by atoms with Crippen molar-refractivity contribution in [2.24, 2.45) is 0 Å².